The van der Waals surface area contributed by atoms with Crippen LogP contribution in [0.25, 0.3) is 11.5 Å². The molecule has 0 bridgehead atoms. The highest BCUT2D eigenvalue weighted by atomic mass is 16.5. The number of hydrogen-bond donors (Lipinski definition) is 1. The van der Waals surface area contributed by atoms with Crippen LogP contribution in [0.15, 0.2) is 29.0 Å². The second-order valence-corrected chi connectivity index (χ2v) is 4.65. The number of hydrogen-bond acceptors (Lipinski definition) is 5. The molecule has 0 radical (unpaired) electrons. The Morgan fingerprint density at radius 3 is 2.89 bits per heavy atom. The molecule has 1 aliphatic carbocycles. The van der Waals surface area contributed by atoms with E-state index in [1.807, 2.05) is 12.1 Å². The third-order valence-electron chi connectivity index (χ3n) is 3.05. The van der Waals surface area contributed by atoms with Crippen molar-refractivity contribution in [1.82, 2.24) is 20.4 Å². The van der Waals surface area contributed by atoms with Gasteiger partial charge in [0.15, 0.2) is 5.82 Å². The van der Waals surface area contributed by atoms with E-state index < -0.39 is 0 Å². The van der Waals surface area contributed by atoms with Crippen molar-refractivity contribution < 1.29 is 4.52 Å². The lowest BCUT2D eigenvalue weighted by Crippen LogP contribution is -2.20. The van der Waals surface area contributed by atoms with Crippen LogP contribution < -0.4 is 5.32 Å². The molecule has 18 heavy (non-hydrogen) atoms. The average molecular weight is 244 g/mol. The van der Waals surface area contributed by atoms with Gasteiger partial charge >= 0.3 is 0 Å². The topological polar surface area (TPSA) is 63.8 Å². The maximum atomic E-state index is 5.22. The number of pyridine rings is 1. The first-order chi connectivity index (χ1) is 8.92. The molecule has 0 saturated heterocycles. The molecule has 1 aliphatic rings. The van der Waals surface area contributed by atoms with Crippen molar-refractivity contribution in [2.45, 2.75) is 19.3 Å². The number of aromatic nitrogens is 3. The molecule has 0 amide bonds. The summed E-state index contributed by atoms with van der Waals surface area (Å²) in [7, 11) is 0. The van der Waals surface area contributed by atoms with E-state index in [9.17, 15) is 0 Å². The van der Waals surface area contributed by atoms with Crippen molar-refractivity contribution >= 4 is 0 Å². The van der Waals surface area contributed by atoms with Gasteiger partial charge in [0, 0.05) is 30.9 Å². The van der Waals surface area contributed by atoms with Gasteiger partial charge in [-0.2, -0.15) is 4.98 Å². The fourth-order valence-electron chi connectivity index (χ4n) is 1.80. The summed E-state index contributed by atoms with van der Waals surface area (Å²) in [6.45, 7) is 2.03. The summed E-state index contributed by atoms with van der Waals surface area (Å²) in [5.41, 5.74) is 0.912. The number of nitrogens with zero attached hydrogens (tertiary/aromatic N) is 3. The van der Waals surface area contributed by atoms with Gasteiger partial charge in [0.25, 0.3) is 5.89 Å². The van der Waals surface area contributed by atoms with Crippen molar-refractivity contribution in [2.24, 2.45) is 5.92 Å². The van der Waals surface area contributed by atoms with Gasteiger partial charge in [-0.1, -0.05) is 5.16 Å². The minimum atomic E-state index is 0.564. The molecule has 5 heteroatoms. The Kier molecular flexibility index (Phi) is 3.32. The van der Waals surface area contributed by atoms with Crippen LogP contribution in [0.4, 0.5) is 0 Å². The average Bonchev–Trinajstić information content (AvgIpc) is 3.12. The predicted octanol–water partition coefficient (Wildman–Crippen LogP) is 1.67. The lowest BCUT2D eigenvalue weighted by Gasteiger charge is -1.99. The van der Waals surface area contributed by atoms with Crippen molar-refractivity contribution in [3.63, 3.8) is 0 Å². The highest BCUT2D eigenvalue weighted by molar-refractivity contribution is 5.50. The third-order valence-corrected chi connectivity index (χ3v) is 3.05. The zero-order valence-electron chi connectivity index (χ0n) is 10.2. The van der Waals surface area contributed by atoms with Crippen molar-refractivity contribution in [2.75, 3.05) is 13.1 Å². The molecule has 2 aromatic heterocycles. The van der Waals surface area contributed by atoms with Crippen LogP contribution in [0, 0.1) is 5.92 Å². The first-order valence-corrected chi connectivity index (χ1v) is 6.35. The molecule has 1 saturated carbocycles. The van der Waals surface area contributed by atoms with Gasteiger partial charge in [0.1, 0.15) is 0 Å². The van der Waals surface area contributed by atoms with Crippen LogP contribution in [-0.2, 0) is 6.42 Å². The summed E-state index contributed by atoms with van der Waals surface area (Å²) < 4.78 is 5.22. The molecule has 0 atom stereocenters. The Bertz CT molecular complexity index is 493. The van der Waals surface area contributed by atoms with E-state index >= 15 is 0 Å². The van der Waals surface area contributed by atoms with Crippen molar-refractivity contribution in [3.05, 3.63) is 30.4 Å². The molecule has 2 heterocycles. The first-order valence-electron chi connectivity index (χ1n) is 6.35. The van der Waals surface area contributed by atoms with Gasteiger partial charge in [-0.3, -0.25) is 4.98 Å². The number of rotatable bonds is 6. The van der Waals surface area contributed by atoms with E-state index in [1.165, 1.54) is 12.8 Å². The monoisotopic (exact) mass is 244 g/mol. The SMILES string of the molecule is c1cc(-c2nc(CCNCC3CC3)no2)ccn1. The van der Waals surface area contributed by atoms with Crippen molar-refractivity contribution in [1.29, 1.82) is 0 Å². The van der Waals surface area contributed by atoms with Crippen LogP contribution in [0.2, 0.25) is 0 Å². The minimum absolute atomic E-state index is 0.564. The number of nitrogens with one attached hydrogen (secondary N) is 1. The third kappa shape index (κ3) is 2.92. The predicted molar refractivity (Wildman–Crippen MR) is 66.8 cm³/mol. The molecular formula is C13H16N4O. The lowest BCUT2D eigenvalue weighted by molar-refractivity contribution is 0.421. The second-order valence-electron chi connectivity index (χ2n) is 4.65. The maximum absolute atomic E-state index is 5.22. The highest BCUT2D eigenvalue weighted by Gasteiger charge is 2.20. The van der Waals surface area contributed by atoms with E-state index in [0.717, 1.165) is 36.8 Å². The molecular weight excluding hydrogens is 228 g/mol. The van der Waals surface area contributed by atoms with E-state index in [-0.39, 0.29) is 0 Å². The van der Waals surface area contributed by atoms with Gasteiger partial charge in [0.2, 0.25) is 0 Å². The fourth-order valence-corrected chi connectivity index (χ4v) is 1.80. The lowest BCUT2D eigenvalue weighted by atomic mass is 10.3. The summed E-state index contributed by atoms with van der Waals surface area (Å²) in [6, 6.07) is 3.73. The Labute approximate surface area is 106 Å². The fraction of sp³-hybridized carbons (Fsp3) is 0.462. The van der Waals surface area contributed by atoms with Gasteiger partial charge in [-0.25, -0.2) is 0 Å². The minimum Gasteiger partial charge on any atom is -0.334 e. The Morgan fingerprint density at radius 1 is 1.28 bits per heavy atom. The molecule has 0 aromatic carbocycles. The van der Waals surface area contributed by atoms with E-state index in [2.05, 4.69) is 20.4 Å². The molecule has 94 valence electrons. The van der Waals surface area contributed by atoms with Gasteiger partial charge in [-0.05, 0) is 37.4 Å². The highest BCUT2D eigenvalue weighted by Crippen LogP contribution is 2.27. The summed E-state index contributed by atoms with van der Waals surface area (Å²) in [5.74, 6) is 2.22. The zero-order chi connectivity index (χ0) is 12.2. The quantitative estimate of drug-likeness (QED) is 0.783. The maximum Gasteiger partial charge on any atom is 0.258 e. The second kappa shape index (κ2) is 5.27. The molecule has 2 aromatic rings. The summed E-state index contributed by atoms with van der Waals surface area (Å²) in [5, 5.41) is 7.39. The Morgan fingerprint density at radius 2 is 2.11 bits per heavy atom. The largest absolute Gasteiger partial charge is 0.334 e. The van der Waals surface area contributed by atoms with Crippen LogP contribution in [0.3, 0.4) is 0 Å². The Hall–Kier alpha value is -1.75. The van der Waals surface area contributed by atoms with Crippen molar-refractivity contribution in [3.8, 4) is 11.5 Å². The van der Waals surface area contributed by atoms with Crippen LogP contribution in [0.5, 0.6) is 0 Å². The van der Waals surface area contributed by atoms with E-state index in [1.54, 1.807) is 12.4 Å². The van der Waals surface area contributed by atoms with Gasteiger partial charge in [0.05, 0.1) is 0 Å². The van der Waals surface area contributed by atoms with Crippen LogP contribution >= 0.6 is 0 Å². The molecule has 0 spiro atoms. The smallest absolute Gasteiger partial charge is 0.258 e. The van der Waals surface area contributed by atoms with Gasteiger partial charge in [-0.15, -0.1) is 0 Å². The molecule has 0 unspecified atom stereocenters. The molecule has 5 nitrogen and oxygen atoms in total. The summed E-state index contributed by atoms with van der Waals surface area (Å²) in [6.07, 6.45) is 7.00. The van der Waals surface area contributed by atoms with Crippen LogP contribution in [0.1, 0.15) is 18.7 Å². The Balaban J connectivity index is 1.52. The van der Waals surface area contributed by atoms with Crippen LogP contribution in [-0.4, -0.2) is 28.2 Å². The standard InChI is InChI=1S/C13H16N4O/c1-2-10(1)9-15-8-5-12-16-13(18-17-12)11-3-6-14-7-4-11/h3-4,6-7,10,15H,1-2,5,8-9H2. The van der Waals surface area contributed by atoms with E-state index in [4.69, 9.17) is 4.52 Å². The summed E-state index contributed by atoms with van der Waals surface area (Å²) >= 11 is 0. The van der Waals surface area contributed by atoms with Gasteiger partial charge < -0.3 is 9.84 Å². The summed E-state index contributed by atoms with van der Waals surface area (Å²) in [4.78, 5) is 8.33. The molecule has 3 rings (SSSR count). The molecule has 0 aliphatic heterocycles. The zero-order valence-corrected chi connectivity index (χ0v) is 10.2. The molecule has 1 N–H and O–H groups in total. The van der Waals surface area contributed by atoms with E-state index in [0.29, 0.717) is 5.89 Å². The first kappa shape index (κ1) is 11.3. The molecule has 1 fully saturated rings. The normalized spacial score (nSPS) is 14.9.